The van der Waals surface area contributed by atoms with Gasteiger partial charge in [-0.3, -0.25) is 4.90 Å². The van der Waals surface area contributed by atoms with Gasteiger partial charge in [0.15, 0.2) is 0 Å². The summed E-state index contributed by atoms with van der Waals surface area (Å²) in [5.74, 6) is 0.884. The van der Waals surface area contributed by atoms with Gasteiger partial charge in [0, 0.05) is 18.8 Å². The molecule has 1 aromatic carbocycles. The molecule has 0 aromatic heterocycles. The van der Waals surface area contributed by atoms with E-state index >= 15 is 0 Å². The highest BCUT2D eigenvalue weighted by Gasteiger charge is 2.34. The van der Waals surface area contributed by atoms with Crippen LogP contribution in [0.2, 0.25) is 0 Å². The van der Waals surface area contributed by atoms with Gasteiger partial charge in [0.1, 0.15) is 9.84 Å². The topological polar surface area (TPSA) is 37.4 Å². The highest BCUT2D eigenvalue weighted by Crippen LogP contribution is 2.39. The van der Waals surface area contributed by atoms with Gasteiger partial charge in [-0.1, -0.05) is 24.3 Å². The molecule has 1 aliphatic carbocycles. The summed E-state index contributed by atoms with van der Waals surface area (Å²) in [5, 5.41) is 0. The van der Waals surface area contributed by atoms with Crippen molar-refractivity contribution in [3.05, 3.63) is 35.4 Å². The molecule has 1 aromatic rings. The second-order valence-corrected chi connectivity index (χ2v) is 8.83. The van der Waals surface area contributed by atoms with Gasteiger partial charge in [-0.25, -0.2) is 8.42 Å². The molecule has 1 heterocycles. The zero-order chi connectivity index (χ0) is 14.9. The molecule has 0 N–H and O–H groups in total. The van der Waals surface area contributed by atoms with Crippen LogP contribution in [0.5, 0.6) is 0 Å². The van der Waals surface area contributed by atoms with Gasteiger partial charge in [0.25, 0.3) is 0 Å². The molecule has 1 aliphatic heterocycles. The molecule has 2 atom stereocenters. The van der Waals surface area contributed by atoms with Crippen LogP contribution in [-0.4, -0.2) is 44.5 Å². The number of hydrogen-bond donors (Lipinski definition) is 0. The van der Waals surface area contributed by atoms with E-state index in [0.717, 1.165) is 6.54 Å². The van der Waals surface area contributed by atoms with Crippen molar-refractivity contribution in [2.75, 3.05) is 25.1 Å². The highest BCUT2D eigenvalue weighted by molar-refractivity contribution is 7.90. The lowest BCUT2D eigenvalue weighted by atomic mass is 9.78. The average Bonchev–Trinajstić information content (AvgIpc) is 2.92. The molecule has 2 aliphatic rings. The molecule has 0 radical (unpaired) electrons. The Hall–Kier alpha value is -0.870. The van der Waals surface area contributed by atoms with E-state index in [2.05, 4.69) is 29.2 Å². The van der Waals surface area contributed by atoms with Crippen LogP contribution in [0.15, 0.2) is 24.3 Å². The normalized spacial score (nSPS) is 26.7. The summed E-state index contributed by atoms with van der Waals surface area (Å²) in [5.41, 5.74) is 3.02. The first-order chi connectivity index (χ1) is 10.0. The molecule has 116 valence electrons. The van der Waals surface area contributed by atoms with Gasteiger partial charge in [0.2, 0.25) is 0 Å². The molecular weight excluding hydrogens is 282 g/mol. The average molecular weight is 307 g/mol. The summed E-state index contributed by atoms with van der Waals surface area (Å²) in [4.78, 5) is 2.42. The first-order valence-electron chi connectivity index (χ1n) is 8.04. The Morgan fingerprint density at radius 2 is 2.00 bits per heavy atom. The number of aryl methyl sites for hydroxylation is 1. The molecule has 1 fully saturated rings. The maximum atomic E-state index is 11.4. The smallest absolute Gasteiger partial charge is 0.148 e. The summed E-state index contributed by atoms with van der Waals surface area (Å²) >= 11 is 0. The van der Waals surface area contributed by atoms with Crippen molar-refractivity contribution in [3.63, 3.8) is 0 Å². The molecule has 0 bridgehead atoms. The van der Waals surface area contributed by atoms with Crippen LogP contribution in [0.25, 0.3) is 0 Å². The lowest BCUT2D eigenvalue weighted by Gasteiger charge is -2.35. The monoisotopic (exact) mass is 307 g/mol. The summed E-state index contributed by atoms with van der Waals surface area (Å²) in [6, 6.07) is 9.36. The van der Waals surface area contributed by atoms with Gasteiger partial charge >= 0.3 is 0 Å². The molecule has 0 spiro atoms. The maximum Gasteiger partial charge on any atom is 0.148 e. The van der Waals surface area contributed by atoms with E-state index in [0.29, 0.717) is 18.5 Å². The molecule has 0 saturated carbocycles. The maximum absolute atomic E-state index is 11.4. The van der Waals surface area contributed by atoms with E-state index in [1.807, 2.05) is 0 Å². The lowest BCUT2D eigenvalue weighted by Crippen LogP contribution is -2.38. The van der Waals surface area contributed by atoms with Crippen LogP contribution in [-0.2, 0) is 16.3 Å². The van der Waals surface area contributed by atoms with Gasteiger partial charge in [-0.05, 0) is 55.7 Å². The molecule has 4 heteroatoms. The van der Waals surface area contributed by atoms with E-state index in [-0.39, 0.29) is 5.75 Å². The highest BCUT2D eigenvalue weighted by atomic mass is 32.2. The number of sulfone groups is 1. The van der Waals surface area contributed by atoms with Gasteiger partial charge in [-0.2, -0.15) is 0 Å². The zero-order valence-corrected chi connectivity index (χ0v) is 13.6. The number of rotatable bonds is 4. The van der Waals surface area contributed by atoms with Gasteiger partial charge < -0.3 is 0 Å². The van der Waals surface area contributed by atoms with E-state index in [4.69, 9.17) is 0 Å². The molecule has 0 unspecified atom stereocenters. The molecular formula is C17H25NO2S. The van der Waals surface area contributed by atoms with E-state index in [1.54, 1.807) is 0 Å². The van der Waals surface area contributed by atoms with Gasteiger partial charge in [-0.15, -0.1) is 0 Å². The third kappa shape index (κ3) is 3.49. The molecule has 1 saturated heterocycles. The summed E-state index contributed by atoms with van der Waals surface area (Å²) < 4.78 is 22.9. The van der Waals surface area contributed by atoms with Gasteiger partial charge in [0.05, 0.1) is 5.75 Å². The van der Waals surface area contributed by atoms with E-state index in [9.17, 15) is 8.42 Å². The van der Waals surface area contributed by atoms with E-state index in [1.165, 1.54) is 49.5 Å². The molecule has 21 heavy (non-hydrogen) atoms. The Morgan fingerprint density at radius 3 is 2.81 bits per heavy atom. The first-order valence-corrected chi connectivity index (χ1v) is 10.1. The Morgan fingerprint density at radius 1 is 1.19 bits per heavy atom. The fraction of sp³-hybridized carbons (Fsp3) is 0.647. The Balaban J connectivity index is 1.77. The van der Waals surface area contributed by atoms with E-state index < -0.39 is 9.84 Å². The van der Waals surface area contributed by atoms with Crippen LogP contribution in [0.4, 0.5) is 0 Å². The second-order valence-electron chi connectivity index (χ2n) is 6.57. The Bertz CT molecular complexity index is 597. The number of hydrogen-bond acceptors (Lipinski definition) is 3. The quantitative estimate of drug-likeness (QED) is 0.858. The van der Waals surface area contributed by atoms with Crippen LogP contribution in [0.1, 0.15) is 42.7 Å². The van der Waals surface area contributed by atoms with Crippen LogP contribution >= 0.6 is 0 Å². The van der Waals surface area contributed by atoms with Crippen LogP contribution in [0, 0.1) is 0 Å². The zero-order valence-electron chi connectivity index (χ0n) is 12.8. The van der Waals surface area contributed by atoms with Crippen molar-refractivity contribution in [1.82, 2.24) is 4.90 Å². The lowest BCUT2D eigenvalue weighted by molar-refractivity contribution is 0.223. The standard InChI is InChI=1S/C17H25NO2S/c1-21(19,20)13-12-18-11-5-10-17(18)16-9-4-7-14-6-2-3-8-15(14)16/h2-3,6,8,16-17H,4-5,7,9-13H2,1H3/t16-,17-/m1/s1. The van der Waals surface area contributed by atoms with Crippen LogP contribution < -0.4 is 0 Å². The largest absolute Gasteiger partial charge is 0.299 e. The molecule has 3 nitrogen and oxygen atoms in total. The minimum atomic E-state index is -2.87. The predicted octanol–water partition coefficient (Wildman–Crippen LogP) is 2.62. The predicted molar refractivity (Wildman–Crippen MR) is 86.4 cm³/mol. The number of likely N-dealkylation sites (tertiary alicyclic amines) is 1. The third-order valence-corrected chi connectivity index (χ3v) is 5.97. The fourth-order valence-electron chi connectivity index (χ4n) is 4.06. The minimum Gasteiger partial charge on any atom is -0.299 e. The summed E-state index contributed by atoms with van der Waals surface area (Å²) in [7, 11) is -2.87. The Kier molecular flexibility index (Phi) is 4.36. The second kappa shape index (κ2) is 6.09. The van der Waals surface area contributed by atoms with Crippen molar-refractivity contribution in [1.29, 1.82) is 0 Å². The van der Waals surface area contributed by atoms with Crippen molar-refractivity contribution >= 4 is 9.84 Å². The first kappa shape index (κ1) is 15.0. The number of fused-ring (bicyclic) bond motifs is 1. The number of nitrogens with zero attached hydrogens (tertiary/aromatic N) is 1. The summed E-state index contributed by atoms with van der Waals surface area (Å²) in [6.07, 6.45) is 7.46. The molecule has 3 rings (SSSR count). The third-order valence-electron chi connectivity index (χ3n) is 5.04. The fourth-order valence-corrected chi connectivity index (χ4v) is 4.63. The van der Waals surface area contributed by atoms with Crippen molar-refractivity contribution in [2.24, 2.45) is 0 Å². The molecule has 0 amide bonds. The van der Waals surface area contributed by atoms with Crippen LogP contribution in [0.3, 0.4) is 0 Å². The summed E-state index contributed by atoms with van der Waals surface area (Å²) in [6.45, 7) is 1.75. The SMILES string of the molecule is CS(=O)(=O)CCN1CCC[C@@H]1[C@@H]1CCCc2ccccc21. The number of benzene rings is 1. The minimum absolute atomic E-state index is 0.290. The van der Waals surface area contributed by atoms with Crippen molar-refractivity contribution < 1.29 is 8.42 Å². The Labute approximate surface area is 128 Å². The van der Waals surface area contributed by atoms with Crippen molar-refractivity contribution in [2.45, 2.75) is 44.1 Å². The van der Waals surface area contributed by atoms with Crippen molar-refractivity contribution in [3.8, 4) is 0 Å².